The monoisotopic (exact) mass is 253 g/mol. The topological polar surface area (TPSA) is 65.4 Å². The Bertz CT molecular complexity index is 427. The molecule has 0 bridgehead atoms. The Labute approximate surface area is 106 Å². The van der Waals surface area contributed by atoms with E-state index in [0.717, 1.165) is 19.5 Å². The predicted octanol–water partition coefficient (Wildman–Crippen LogP) is 0.0205. The summed E-state index contributed by atoms with van der Waals surface area (Å²) < 4.78 is 12.6. The van der Waals surface area contributed by atoms with E-state index in [0.29, 0.717) is 19.8 Å². The Morgan fingerprint density at radius 1 is 1.67 bits per heavy atom. The number of hydrogen-bond donors (Lipinski definition) is 1. The zero-order valence-electron chi connectivity index (χ0n) is 10.6. The average molecular weight is 253 g/mol. The van der Waals surface area contributed by atoms with Gasteiger partial charge in [0.25, 0.3) is 5.88 Å². The van der Waals surface area contributed by atoms with Gasteiger partial charge in [0, 0.05) is 32.0 Å². The van der Waals surface area contributed by atoms with E-state index in [-0.39, 0.29) is 17.5 Å². The van der Waals surface area contributed by atoms with Crippen LogP contribution < -0.4 is 15.6 Å². The number of hydrogen-bond acceptors (Lipinski definition) is 5. The van der Waals surface area contributed by atoms with Gasteiger partial charge in [0.05, 0.1) is 6.61 Å². The van der Waals surface area contributed by atoms with Gasteiger partial charge in [-0.2, -0.15) is 0 Å². The first-order chi connectivity index (χ1) is 8.81. The van der Waals surface area contributed by atoms with Crippen LogP contribution in [0.1, 0.15) is 13.3 Å². The van der Waals surface area contributed by atoms with Gasteiger partial charge in [0.15, 0.2) is 0 Å². The Balaban J connectivity index is 1.96. The second kappa shape index (κ2) is 6.51. The van der Waals surface area contributed by atoms with Gasteiger partial charge in [-0.05, 0) is 6.42 Å². The molecule has 1 aromatic rings. The molecule has 18 heavy (non-hydrogen) atoms. The molecule has 2 rings (SSSR count). The van der Waals surface area contributed by atoms with E-state index in [9.17, 15) is 4.79 Å². The van der Waals surface area contributed by atoms with Crippen molar-refractivity contribution in [2.75, 3.05) is 26.3 Å². The first kappa shape index (κ1) is 13.0. The van der Waals surface area contributed by atoms with Crippen LogP contribution >= 0.6 is 0 Å². The number of aromatic nitrogens is 2. The largest absolute Gasteiger partial charge is 0.471 e. The van der Waals surface area contributed by atoms with Gasteiger partial charge in [-0.3, -0.25) is 4.79 Å². The van der Waals surface area contributed by atoms with Crippen LogP contribution in [-0.2, 0) is 11.3 Å². The van der Waals surface area contributed by atoms with Crippen molar-refractivity contribution in [1.82, 2.24) is 14.9 Å². The minimum atomic E-state index is -0.178. The van der Waals surface area contributed by atoms with E-state index in [1.54, 1.807) is 17.0 Å². The summed E-state index contributed by atoms with van der Waals surface area (Å²) >= 11 is 0. The standard InChI is InChI=1S/C12H19N3O3/c1-2-5-15-6-3-14-11(12(15)16)18-9-10-8-13-4-7-17-10/h3,6,10,13H,2,4-5,7-9H2,1H3. The molecule has 0 amide bonds. The Morgan fingerprint density at radius 2 is 2.56 bits per heavy atom. The highest BCUT2D eigenvalue weighted by Crippen LogP contribution is 2.01. The van der Waals surface area contributed by atoms with E-state index in [1.807, 2.05) is 6.92 Å². The molecule has 1 aliphatic rings. The molecule has 1 fully saturated rings. The van der Waals surface area contributed by atoms with Crippen molar-refractivity contribution in [3.8, 4) is 5.88 Å². The molecule has 0 saturated carbocycles. The molecule has 1 unspecified atom stereocenters. The number of nitrogens with one attached hydrogen (secondary N) is 1. The zero-order valence-corrected chi connectivity index (χ0v) is 10.6. The maximum atomic E-state index is 12.0. The average Bonchev–Trinajstić information content (AvgIpc) is 2.41. The first-order valence-corrected chi connectivity index (χ1v) is 6.32. The van der Waals surface area contributed by atoms with Gasteiger partial charge in [0.2, 0.25) is 0 Å². The van der Waals surface area contributed by atoms with Crippen molar-refractivity contribution in [1.29, 1.82) is 0 Å². The lowest BCUT2D eigenvalue weighted by atomic mass is 10.3. The second-order valence-electron chi connectivity index (χ2n) is 4.24. The third-order valence-corrected chi connectivity index (χ3v) is 2.76. The highest BCUT2D eigenvalue weighted by atomic mass is 16.5. The molecule has 0 aromatic carbocycles. The summed E-state index contributed by atoms with van der Waals surface area (Å²) in [6.07, 6.45) is 4.16. The molecule has 1 aromatic heterocycles. The van der Waals surface area contributed by atoms with Crippen LogP contribution in [0.2, 0.25) is 0 Å². The molecule has 2 heterocycles. The van der Waals surface area contributed by atoms with Crippen LogP contribution in [0.3, 0.4) is 0 Å². The van der Waals surface area contributed by atoms with Crippen molar-refractivity contribution in [3.05, 3.63) is 22.7 Å². The summed E-state index contributed by atoms with van der Waals surface area (Å²) in [4.78, 5) is 15.9. The van der Waals surface area contributed by atoms with Crippen molar-refractivity contribution in [2.24, 2.45) is 0 Å². The van der Waals surface area contributed by atoms with Crippen molar-refractivity contribution in [3.63, 3.8) is 0 Å². The van der Waals surface area contributed by atoms with Crippen LogP contribution in [0, 0.1) is 0 Å². The number of aryl methyl sites for hydroxylation is 1. The molecule has 1 N–H and O–H groups in total. The summed E-state index contributed by atoms with van der Waals surface area (Å²) in [5.74, 6) is 0.153. The smallest absolute Gasteiger partial charge is 0.313 e. The van der Waals surface area contributed by atoms with Gasteiger partial charge in [-0.15, -0.1) is 0 Å². The van der Waals surface area contributed by atoms with Gasteiger partial charge in [-0.25, -0.2) is 4.98 Å². The maximum Gasteiger partial charge on any atom is 0.313 e. The summed E-state index contributed by atoms with van der Waals surface area (Å²) in [6.45, 7) is 5.34. The molecular formula is C12H19N3O3. The molecule has 0 radical (unpaired) electrons. The summed E-state index contributed by atoms with van der Waals surface area (Å²) in [5.41, 5.74) is -0.178. The third kappa shape index (κ3) is 3.30. The van der Waals surface area contributed by atoms with Crippen molar-refractivity contribution >= 4 is 0 Å². The summed E-state index contributed by atoms with van der Waals surface area (Å²) in [7, 11) is 0. The van der Waals surface area contributed by atoms with E-state index in [2.05, 4.69) is 10.3 Å². The van der Waals surface area contributed by atoms with Crippen molar-refractivity contribution in [2.45, 2.75) is 26.0 Å². The predicted molar refractivity (Wildman–Crippen MR) is 66.9 cm³/mol. The molecule has 100 valence electrons. The fourth-order valence-electron chi connectivity index (χ4n) is 1.84. The van der Waals surface area contributed by atoms with Gasteiger partial charge in [-0.1, -0.05) is 6.92 Å². The molecule has 1 aliphatic heterocycles. The van der Waals surface area contributed by atoms with Crippen LogP contribution in [-0.4, -0.2) is 42.0 Å². The molecule has 0 spiro atoms. The summed E-state index contributed by atoms with van der Waals surface area (Å²) in [6, 6.07) is 0. The number of morpholine rings is 1. The van der Waals surface area contributed by atoms with Gasteiger partial charge >= 0.3 is 5.56 Å². The molecule has 1 atom stereocenters. The molecule has 6 heteroatoms. The highest BCUT2D eigenvalue weighted by Gasteiger charge is 2.15. The Hall–Kier alpha value is -1.40. The van der Waals surface area contributed by atoms with E-state index in [1.165, 1.54) is 0 Å². The minimum Gasteiger partial charge on any atom is -0.471 e. The molecule has 0 aliphatic carbocycles. The quantitative estimate of drug-likeness (QED) is 0.801. The van der Waals surface area contributed by atoms with Crippen LogP contribution in [0.25, 0.3) is 0 Å². The lowest BCUT2D eigenvalue weighted by Gasteiger charge is -2.23. The van der Waals surface area contributed by atoms with Crippen LogP contribution in [0.15, 0.2) is 17.2 Å². The Kier molecular flexibility index (Phi) is 4.72. The molecular weight excluding hydrogens is 234 g/mol. The second-order valence-corrected chi connectivity index (χ2v) is 4.24. The zero-order chi connectivity index (χ0) is 12.8. The van der Waals surface area contributed by atoms with E-state index < -0.39 is 0 Å². The van der Waals surface area contributed by atoms with Crippen molar-refractivity contribution < 1.29 is 9.47 Å². The molecule has 1 saturated heterocycles. The Morgan fingerprint density at radius 3 is 3.28 bits per heavy atom. The first-order valence-electron chi connectivity index (χ1n) is 6.32. The fraction of sp³-hybridized carbons (Fsp3) is 0.667. The minimum absolute atomic E-state index is 0.0141. The van der Waals surface area contributed by atoms with Gasteiger partial charge in [0.1, 0.15) is 12.7 Å². The normalized spacial score (nSPS) is 19.7. The van der Waals surface area contributed by atoms with Crippen LogP contribution in [0.4, 0.5) is 0 Å². The lowest BCUT2D eigenvalue weighted by Crippen LogP contribution is -2.42. The van der Waals surface area contributed by atoms with E-state index in [4.69, 9.17) is 9.47 Å². The maximum absolute atomic E-state index is 12.0. The third-order valence-electron chi connectivity index (χ3n) is 2.76. The highest BCUT2D eigenvalue weighted by molar-refractivity contribution is 5.04. The van der Waals surface area contributed by atoms with Crippen LogP contribution in [0.5, 0.6) is 5.88 Å². The SMILES string of the molecule is CCCn1ccnc(OCC2CNCCO2)c1=O. The van der Waals surface area contributed by atoms with Gasteiger partial charge < -0.3 is 19.4 Å². The summed E-state index contributed by atoms with van der Waals surface area (Å²) in [5, 5.41) is 3.21. The number of ether oxygens (including phenoxy) is 2. The fourth-order valence-corrected chi connectivity index (χ4v) is 1.84. The van der Waals surface area contributed by atoms with E-state index >= 15 is 0 Å². The molecule has 6 nitrogen and oxygen atoms in total. The number of rotatable bonds is 5. The lowest BCUT2D eigenvalue weighted by molar-refractivity contribution is -0.00119. The number of nitrogens with zero attached hydrogens (tertiary/aromatic N) is 2.